The molecule has 0 bridgehead atoms. The minimum atomic E-state index is -4.46. The number of hydrogen-bond acceptors (Lipinski definition) is 8. The highest BCUT2D eigenvalue weighted by molar-refractivity contribution is 8.15. The fourth-order valence-corrected chi connectivity index (χ4v) is 10.4. The van der Waals surface area contributed by atoms with Crippen molar-refractivity contribution in [2.75, 3.05) is 32.2 Å². The predicted molar refractivity (Wildman–Crippen MR) is 127 cm³/mol. The predicted octanol–water partition coefficient (Wildman–Crippen LogP) is 7.13. The Hall–Kier alpha value is 0.120. The van der Waals surface area contributed by atoms with Crippen LogP contribution in [0.15, 0.2) is 0 Å². The molecule has 0 atom stereocenters. The standard InChI is InChI=1S/C20H42O8P2S/c1-6-11-15-25-29(23,26-16-12-7-2)20(19(21)22,31-10-5)30(24,27-17-13-8-3)28-18-14-9-4/h6-18H2,1-5H3,(H,21,22). The van der Waals surface area contributed by atoms with E-state index in [2.05, 4.69) is 0 Å². The van der Waals surface area contributed by atoms with Crippen molar-refractivity contribution in [3.8, 4) is 0 Å². The summed E-state index contributed by atoms with van der Waals surface area (Å²) in [6, 6.07) is 0. The second-order valence-electron chi connectivity index (χ2n) is 7.09. The van der Waals surface area contributed by atoms with Gasteiger partial charge in [-0.05, 0) is 31.4 Å². The third-order valence-electron chi connectivity index (χ3n) is 4.40. The van der Waals surface area contributed by atoms with Crippen molar-refractivity contribution in [2.45, 2.75) is 90.2 Å². The van der Waals surface area contributed by atoms with Gasteiger partial charge >= 0.3 is 25.4 Å². The maximum Gasteiger partial charge on any atom is 0.370 e. The Bertz CT molecular complexity index is 522. The summed E-state index contributed by atoms with van der Waals surface area (Å²) in [5.41, 5.74) is 0. The zero-order chi connectivity index (χ0) is 23.8. The molecule has 0 saturated carbocycles. The van der Waals surface area contributed by atoms with E-state index in [1.807, 2.05) is 27.7 Å². The molecule has 0 saturated heterocycles. The average molecular weight is 505 g/mol. The molecule has 0 aromatic heterocycles. The van der Waals surface area contributed by atoms with Gasteiger partial charge in [0, 0.05) is 0 Å². The zero-order valence-electron chi connectivity index (χ0n) is 19.8. The molecule has 186 valence electrons. The number of aliphatic carboxylic acids is 1. The Balaban J connectivity index is 6.51. The van der Waals surface area contributed by atoms with Gasteiger partial charge in [-0.2, -0.15) is 0 Å². The van der Waals surface area contributed by atoms with Gasteiger partial charge in [0.25, 0.3) is 0 Å². The molecular formula is C20H42O8P2S. The first-order chi connectivity index (χ1) is 14.7. The van der Waals surface area contributed by atoms with E-state index in [1.165, 1.54) is 0 Å². The molecule has 0 radical (unpaired) electrons. The summed E-state index contributed by atoms with van der Waals surface area (Å²) < 4.78 is 48.4. The Kier molecular flexibility index (Phi) is 16.8. The maximum absolute atomic E-state index is 14.2. The van der Waals surface area contributed by atoms with Crippen LogP contribution in [-0.4, -0.2) is 47.5 Å². The molecular weight excluding hydrogens is 462 g/mol. The lowest BCUT2D eigenvalue weighted by atomic mass is 10.4. The number of rotatable bonds is 21. The molecule has 0 spiro atoms. The van der Waals surface area contributed by atoms with Gasteiger partial charge in [0.05, 0.1) is 26.4 Å². The van der Waals surface area contributed by atoms with E-state index >= 15 is 0 Å². The molecule has 0 aliphatic heterocycles. The van der Waals surface area contributed by atoms with E-state index in [9.17, 15) is 19.0 Å². The van der Waals surface area contributed by atoms with Gasteiger partial charge in [-0.3, -0.25) is 9.13 Å². The van der Waals surface area contributed by atoms with Gasteiger partial charge in [-0.25, -0.2) is 4.79 Å². The first-order valence-corrected chi connectivity index (χ1v) is 15.5. The number of carboxylic acid groups (broad SMARTS) is 1. The highest BCUT2D eigenvalue weighted by Crippen LogP contribution is 2.82. The maximum atomic E-state index is 14.2. The molecule has 0 amide bonds. The molecule has 8 nitrogen and oxygen atoms in total. The van der Waals surface area contributed by atoms with E-state index < -0.39 is 25.4 Å². The van der Waals surface area contributed by atoms with Crippen LogP contribution in [-0.2, 0) is 32.0 Å². The summed E-state index contributed by atoms with van der Waals surface area (Å²) in [5, 5.41) is 10.4. The quantitative estimate of drug-likeness (QED) is 0.129. The van der Waals surface area contributed by atoms with E-state index in [0.29, 0.717) is 25.7 Å². The number of carboxylic acids is 1. The van der Waals surface area contributed by atoms with Crippen molar-refractivity contribution in [3.05, 3.63) is 0 Å². The average Bonchev–Trinajstić information content (AvgIpc) is 2.72. The van der Waals surface area contributed by atoms with E-state index in [0.717, 1.165) is 37.4 Å². The smallest absolute Gasteiger partial charge is 0.370 e. The van der Waals surface area contributed by atoms with E-state index in [-0.39, 0.29) is 32.2 Å². The molecule has 0 aromatic rings. The SMILES string of the molecule is CCCCOP(=O)(OCCCC)C(SCC)(C(=O)O)P(=O)(OCCCC)OCCCC. The molecule has 0 unspecified atom stereocenters. The van der Waals surface area contributed by atoms with Gasteiger partial charge < -0.3 is 23.2 Å². The molecule has 1 N–H and O–H groups in total. The first kappa shape index (κ1) is 31.1. The number of unbranched alkanes of at least 4 members (excludes halogenated alkanes) is 4. The van der Waals surface area contributed by atoms with Crippen molar-refractivity contribution in [1.82, 2.24) is 0 Å². The largest absolute Gasteiger partial charge is 0.479 e. The Morgan fingerprint density at radius 1 is 0.710 bits per heavy atom. The van der Waals surface area contributed by atoms with Gasteiger partial charge in [-0.1, -0.05) is 60.3 Å². The van der Waals surface area contributed by atoms with Crippen molar-refractivity contribution in [1.29, 1.82) is 0 Å². The van der Waals surface area contributed by atoms with E-state index in [4.69, 9.17) is 18.1 Å². The van der Waals surface area contributed by atoms with Crippen molar-refractivity contribution < 1.29 is 37.1 Å². The summed E-state index contributed by atoms with van der Waals surface area (Å²) >= 11 is 0.752. The molecule has 0 rings (SSSR count). The summed E-state index contributed by atoms with van der Waals surface area (Å²) in [5.74, 6) is -1.35. The minimum Gasteiger partial charge on any atom is -0.479 e. The van der Waals surface area contributed by atoms with Crippen LogP contribution in [0, 0.1) is 0 Å². The summed E-state index contributed by atoms with van der Waals surface area (Å²) in [6.07, 6.45) is 5.27. The van der Waals surface area contributed by atoms with Crippen LogP contribution in [0.3, 0.4) is 0 Å². The molecule has 0 heterocycles. The Morgan fingerprint density at radius 2 is 1.00 bits per heavy atom. The van der Waals surface area contributed by atoms with Crippen LogP contribution >= 0.6 is 27.0 Å². The highest BCUT2D eigenvalue weighted by atomic mass is 32.2. The van der Waals surface area contributed by atoms with Crippen LogP contribution in [0.1, 0.15) is 86.0 Å². The molecule has 11 heteroatoms. The molecule has 0 aromatic carbocycles. The van der Waals surface area contributed by atoms with E-state index in [1.54, 1.807) is 6.92 Å². The fraction of sp³-hybridized carbons (Fsp3) is 0.950. The first-order valence-electron chi connectivity index (χ1n) is 11.4. The van der Waals surface area contributed by atoms with Crippen LogP contribution in [0.25, 0.3) is 0 Å². The summed E-state index contributed by atoms with van der Waals surface area (Å²) in [4.78, 5) is 12.8. The lowest BCUT2D eigenvalue weighted by Gasteiger charge is -2.38. The van der Waals surface area contributed by atoms with Gasteiger partial charge in [0.1, 0.15) is 0 Å². The monoisotopic (exact) mass is 504 g/mol. The van der Waals surface area contributed by atoms with Crippen LogP contribution < -0.4 is 0 Å². The number of carbonyl (C=O) groups is 1. The van der Waals surface area contributed by atoms with Gasteiger partial charge in [0.15, 0.2) is 0 Å². The lowest BCUT2D eigenvalue weighted by molar-refractivity contribution is -0.136. The molecule has 0 aliphatic carbocycles. The number of hydrogen-bond donors (Lipinski definition) is 1. The van der Waals surface area contributed by atoms with Gasteiger partial charge in [0.2, 0.25) is 0 Å². The third kappa shape index (κ3) is 8.77. The normalized spacial score (nSPS) is 12.9. The minimum absolute atomic E-state index is 0.0309. The topological polar surface area (TPSA) is 108 Å². The molecule has 0 fully saturated rings. The second kappa shape index (κ2) is 16.7. The van der Waals surface area contributed by atoms with Crippen molar-refractivity contribution >= 4 is 32.9 Å². The second-order valence-corrected chi connectivity index (χ2v) is 13.9. The van der Waals surface area contributed by atoms with Gasteiger partial charge in [-0.15, -0.1) is 11.8 Å². The van der Waals surface area contributed by atoms with Crippen LogP contribution in [0.5, 0.6) is 0 Å². The summed E-state index contributed by atoms with van der Waals surface area (Å²) in [6.45, 7) is 9.56. The lowest BCUT2D eigenvalue weighted by Crippen LogP contribution is -2.39. The Morgan fingerprint density at radius 3 is 1.19 bits per heavy atom. The summed E-state index contributed by atoms with van der Waals surface area (Å²) in [7, 11) is -8.92. The van der Waals surface area contributed by atoms with Crippen molar-refractivity contribution in [2.24, 2.45) is 0 Å². The highest BCUT2D eigenvalue weighted by Gasteiger charge is 2.72. The zero-order valence-corrected chi connectivity index (χ0v) is 22.4. The van der Waals surface area contributed by atoms with Crippen molar-refractivity contribution in [3.63, 3.8) is 0 Å². The van der Waals surface area contributed by atoms with Crippen LogP contribution in [0.2, 0.25) is 0 Å². The number of thioether (sulfide) groups is 1. The van der Waals surface area contributed by atoms with Crippen LogP contribution in [0.4, 0.5) is 0 Å². The fourth-order valence-electron chi connectivity index (χ4n) is 2.55. The molecule has 0 aliphatic rings. The Labute approximate surface area is 192 Å². The molecule has 31 heavy (non-hydrogen) atoms. The third-order valence-corrected chi connectivity index (χ3v) is 12.8.